The summed E-state index contributed by atoms with van der Waals surface area (Å²) in [6, 6.07) is 7.44. The van der Waals surface area contributed by atoms with Crippen LogP contribution in [0.4, 0.5) is 14.5 Å². The maximum atomic E-state index is 13.6. The quantitative estimate of drug-likeness (QED) is 0.624. The molecular weight excluding hydrogens is 388 g/mol. The third kappa shape index (κ3) is 2.77. The van der Waals surface area contributed by atoms with Crippen LogP contribution in [0.5, 0.6) is 0 Å². The first-order valence-corrected chi connectivity index (χ1v) is 10.4. The van der Waals surface area contributed by atoms with E-state index in [2.05, 4.69) is 15.0 Å². The number of hydrogen-bond acceptors (Lipinski definition) is 4. The van der Waals surface area contributed by atoms with E-state index in [1.807, 2.05) is 23.2 Å². The molecule has 2 bridgehead atoms. The Kier molecular flexibility index (Phi) is 3.85. The molecule has 0 aromatic carbocycles. The van der Waals surface area contributed by atoms with Crippen LogP contribution >= 0.6 is 0 Å². The Bertz CT molecular complexity index is 1130. The Morgan fingerprint density at radius 1 is 1.07 bits per heavy atom. The molecule has 154 valence electrons. The number of rotatable bonds is 3. The van der Waals surface area contributed by atoms with Crippen molar-refractivity contribution in [3.05, 3.63) is 48.8 Å². The minimum atomic E-state index is -0.952. The van der Waals surface area contributed by atoms with E-state index in [0.717, 1.165) is 48.3 Å². The van der Waals surface area contributed by atoms with Crippen molar-refractivity contribution in [3.8, 4) is 11.1 Å². The number of hydrogen-bond donors (Lipinski definition) is 0. The molecule has 1 saturated carbocycles. The molecule has 30 heavy (non-hydrogen) atoms. The van der Waals surface area contributed by atoms with Crippen molar-refractivity contribution in [2.24, 2.45) is 5.92 Å². The van der Waals surface area contributed by atoms with Gasteiger partial charge in [0.2, 0.25) is 11.9 Å². The Hall–Kier alpha value is -3.03. The van der Waals surface area contributed by atoms with Crippen molar-refractivity contribution in [2.45, 2.75) is 37.5 Å². The van der Waals surface area contributed by atoms with E-state index in [-0.39, 0.29) is 18.0 Å². The maximum Gasteiger partial charge on any atom is 0.229 e. The fourth-order valence-electron chi connectivity index (χ4n) is 5.08. The number of halogens is 2. The first-order valence-electron chi connectivity index (χ1n) is 10.4. The summed E-state index contributed by atoms with van der Waals surface area (Å²) < 4.78 is 28.8. The molecule has 0 radical (unpaired) electrons. The number of fused-ring (bicyclic) bond motifs is 3. The summed E-state index contributed by atoms with van der Waals surface area (Å²) in [5.74, 6) is -0.931. The van der Waals surface area contributed by atoms with Gasteiger partial charge in [0, 0.05) is 55.4 Å². The Balaban J connectivity index is 1.31. The number of nitrogens with zero attached hydrogens (tertiary/aromatic N) is 5. The van der Waals surface area contributed by atoms with Crippen molar-refractivity contribution >= 4 is 17.1 Å². The zero-order valence-electron chi connectivity index (χ0n) is 16.3. The largest absolute Gasteiger partial charge is 0.366 e. The summed E-state index contributed by atoms with van der Waals surface area (Å²) in [4.78, 5) is 20.6. The number of piperazine rings is 1. The first-order chi connectivity index (χ1) is 14.6. The number of carbonyl (C=O) groups is 1. The smallest absolute Gasteiger partial charge is 0.229 e. The van der Waals surface area contributed by atoms with E-state index < -0.39 is 18.0 Å². The Labute approximate surface area is 172 Å². The molecule has 6 rings (SSSR count). The van der Waals surface area contributed by atoms with Crippen molar-refractivity contribution < 1.29 is 13.6 Å². The van der Waals surface area contributed by atoms with E-state index in [9.17, 15) is 13.6 Å². The lowest BCUT2D eigenvalue weighted by atomic mass is 10.1. The van der Waals surface area contributed by atoms with Gasteiger partial charge in [-0.1, -0.05) is 0 Å². The van der Waals surface area contributed by atoms with Crippen LogP contribution in [0.15, 0.2) is 42.9 Å². The lowest BCUT2D eigenvalue weighted by Gasteiger charge is -2.42. The molecule has 3 fully saturated rings. The van der Waals surface area contributed by atoms with Gasteiger partial charge in [-0.05, 0) is 43.0 Å². The fraction of sp³-hybridized carbons (Fsp3) is 0.409. The zero-order valence-corrected chi connectivity index (χ0v) is 16.3. The zero-order chi connectivity index (χ0) is 20.4. The number of aromatic nitrogens is 3. The third-order valence-electron chi connectivity index (χ3n) is 6.65. The summed E-state index contributed by atoms with van der Waals surface area (Å²) in [6.45, 7) is 1.46. The van der Waals surface area contributed by atoms with Gasteiger partial charge in [0.25, 0.3) is 0 Å². The van der Waals surface area contributed by atoms with Crippen LogP contribution in [0.25, 0.3) is 16.6 Å². The topological polar surface area (TPSA) is 53.7 Å². The lowest BCUT2D eigenvalue weighted by molar-refractivity contribution is -0.136. The van der Waals surface area contributed by atoms with Crippen molar-refractivity contribution in [1.29, 1.82) is 0 Å². The predicted molar refractivity (Wildman–Crippen MR) is 107 cm³/mol. The fourth-order valence-corrected chi connectivity index (χ4v) is 5.08. The van der Waals surface area contributed by atoms with Crippen molar-refractivity contribution in [3.63, 3.8) is 0 Å². The second kappa shape index (κ2) is 6.48. The van der Waals surface area contributed by atoms with E-state index in [1.165, 1.54) is 12.3 Å². The Morgan fingerprint density at radius 3 is 2.53 bits per heavy atom. The second-order valence-electron chi connectivity index (χ2n) is 8.54. The van der Waals surface area contributed by atoms with Crippen molar-refractivity contribution in [1.82, 2.24) is 19.5 Å². The van der Waals surface area contributed by atoms with E-state index >= 15 is 0 Å². The molecule has 0 N–H and O–H groups in total. The lowest BCUT2D eigenvalue weighted by Crippen LogP contribution is -2.56. The molecule has 1 aliphatic carbocycles. The highest BCUT2D eigenvalue weighted by molar-refractivity contribution is 5.84. The third-order valence-corrected chi connectivity index (χ3v) is 6.65. The number of pyridine rings is 1. The monoisotopic (exact) mass is 409 g/mol. The minimum Gasteiger partial charge on any atom is -0.366 e. The van der Waals surface area contributed by atoms with Crippen molar-refractivity contribution in [2.75, 3.05) is 18.0 Å². The second-order valence-corrected chi connectivity index (χ2v) is 8.54. The normalized spacial score (nSPS) is 27.7. The van der Waals surface area contributed by atoms with Crippen LogP contribution in [0, 0.1) is 11.9 Å². The van der Waals surface area contributed by atoms with Crippen LogP contribution in [0.2, 0.25) is 0 Å². The highest BCUT2D eigenvalue weighted by Gasteiger charge is 2.51. The number of alkyl halides is 1. The van der Waals surface area contributed by atoms with Gasteiger partial charge in [0.15, 0.2) is 0 Å². The standard InChI is InChI=1S/C22H21F2N5O/c23-18-9-17(18)22(30)29-15-1-2-16(29)12-27(11-15)19-4-6-26-28-10-14(7-20(19)28)13-3-5-25-21(24)8-13/h3-8,10,15-18H,1-2,9,11-12H2/t15?,16?,17-,18-/m1/s1. The maximum absolute atomic E-state index is 13.6. The van der Waals surface area contributed by atoms with Crippen LogP contribution in [0.3, 0.4) is 0 Å². The first kappa shape index (κ1) is 17.8. The van der Waals surface area contributed by atoms with Gasteiger partial charge in [0.05, 0.1) is 17.1 Å². The van der Waals surface area contributed by atoms with Gasteiger partial charge in [-0.25, -0.2) is 13.9 Å². The molecule has 0 spiro atoms. The molecular formula is C22H21F2N5O. The van der Waals surface area contributed by atoms with Gasteiger partial charge in [0.1, 0.15) is 6.17 Å². The number of amides is 1. The van der Waals surface area contributed by atoms with Gasteiger partial charge in [-0.3, -0.25) is 4.79 Å². The highest BCUT2D eigenvalue weighted by Crippen LogP contribution is 2.41. The highest BCUT2D eigenvalue weighted by atomic mass is 19.1. The van der Waals surface area contributed by atoms with Crippen LogP contribution in [-0.4, -0.2) is 56.8 Å². The molecule has 8 heteroatoms. The molecule has 2 aliphatic heterocycles. The summed E-state index contributed by atoms with van der Waals surface area (Å²) in [6.07, 6.45) is 6.45. The molecule has 1 amide bonds. The average molecular weight is 409 g/mol. The molecule has 6 nitrogen and oxygen atoms in total. The summed E-state index contributed by atoms with van der Waals surface area (Å²) >= 11 is 0. The number of carbonyl (C=O) groups excluding carboxylic acids is 1. The average Bonchev–Trinajstić information content (AvgIpc) is 3.21. The molecule has 3 aromatic rings. The van der Waals surface area contributed by atoms with Crippen LogP contribution in [0.1, 0.15) is 19.3 Å². The molecule has 4 atom stereocenters. The van der Waals surface area contributed by atoms with Gasteiger partial charge >= 0.3 is 0 Å². The van der Waals surface area contributed by atoms with E-state index in [1.54, 1.807) is 16.8 Å². The summed E-state index contributed by atoms with van der Waals surface area (Å²) in [5, 5.41) is 4.42. The van der Waals surface area contributed by atoms with Gasteiger partial charge in [-0.2, -0.15) is 9.49 Å². The SMILES string of the molecule is O=C([C@@H]1C[C@H]1F)N1C2CCC1CN(c1ccnn3cc(-c4ccnc(F)c4)cc13)C2. The summed E-state index contributed by atoms with van der Waals surface area (Å²) in [7, 11) is 0. The molecule has 3 aliphatic rings. The summed E-state index contributed by atoms with van der Waals surface area (Å²) in [5.41, 5.74) is 3.61. The van der Waals surface area contributed by atoms with E-state index in [0.29, 0.717) is 6.42 Å². The molecule has 2 saturated heterocycles. The number of anilines is 1. The predicted octanol–water partition coefficient (Wildman–Crippen LogP) is 3.07. The van der Waals surface area contributed by atoms with Gasteiger partial charge < -0.3 is 9.80 Å². The Morgan fingerprint density at radius 2 is 1.83 bits per heavy atom. The molecule has 3 aromatic heterocycles. The van der Waals surface area contributed by atoms with E-state index in [4.69, 9.17) is 0 Å². The molecule has 2 unspecified atom stereocenters. The minimum absolute atomic E-state index is 0.000730. The van der Waals surface area contributed by atoms with Gasteiger partial charge in [-0.15, -0.1) is 0 Å². The van der Waals surface area contributed by atoms with Crippen LogP contribution in [-0.2, 0) is 4.79 Å². The van der Waals surface area contributed by atoms with Crippen LogP contribution < -0.4 is 4.90 Å². The molecule has 5 heterocycles.